The van der Waals surface area contributed by atoms with Gasteiger partial charge in [0, 0.05) is 24.8 Å². The van der Waals surface area contributed by atoms with Crippen molar-refractivity contribution >= 4 is 38.6 Å². The van der Waals surface area contributed by atoms with Gasteiger partial charge in [0.25, 0.3) is 0 Å². The average molecular weight is 495 g/mol. The lowest BCUT2D eigenvalue weighted by atomic mass is 10.1. The summed E-state index contributed by atoms with van der Waals surface area (Å²) in [6.45, 7) is 3.96. The second-order valence-corrected chi connectivity index (χ2v) is 9.01. The topological polar surface area (TPSA) is 71.0 Å². The molecule has 2 N–H and O–H groups in total. The van der Waals surface area contributed by atoms with Gasteiger partial charge in [0.1, 0.15) is 12.4 Å². The van der Waals surface area contributed by atoms with Crippen molar-refractivity contribution < 1.29 is 4.74 Å². The number of H-pyrrole nitrogens is 1. The minimum Gasteiger partial charge on any atom is -0.492 e. The number of aromatic amines is 1. The Morgan fingerprint density at radius 1 is 1.12 bits per heavy atom. The van der Waals surface area contributed by atoms with Crippen LogP contribution in [0.2, 0.25) is 0 Å². The summed E-state index contributed by atoms with van der Waals surface area (Å²) in [5.41, 5.74) is 4.82. The van der Waals surface area contributed by atoms with E-state index in [1.54, 1.807) is 0 Å². The molecule has 0 radical (unpaired) electrons. The predicted octanol–water partition coefficient (Wildman–Crippen LogP) is 5.33. The first-order valence-electron chi connectivity index (χ1n) is 11.1. The number of rotatable bonds is 7. The Morgan fingerprint density at radius 3 is 2.75 bits per heavy atom. The van der Waals surface area contributed by atoms with Crippen molar-refractivity contribution in [2.75, 3.05) is 31.6 Å². The number of para-hydroxylation sites is 2. The number of aryl methyl sites for hydroxylation is 1. The molecule has 166 valence electrons. The Morgan fingerprint density at radius 2 is 1.97 bits per heavy atom. The lowest BCUT2D eigenvalue weighted by Crippen LogP contribution is -2.33. The van der Waals surface area contributed by atoms with Crippen molar-refractivity contribution in [3.63, 3.8) is 0 Å². The van der Waals surface area contributed by atoms with Gasteiger partial charge in [0.15, 0.2) is 0 Å². The lowest BCUT2D eigenvalue weighted by molar-refractivity contribution is 0.183. The van der Waals surface area contributed by atoms with Gasteiger partial charge in [-0.3, -0.25) is 9.58 Å². The van der Waals surface area contributed by atoms with E-state index in [1.807, 2.05) is 54.3 Å². The van der Waals surface area contributed by atoms with Gasteiger partial charge in [-0.1, -0.05) is 18.6 Å². The van der Waals surface area contributed by atoms with E-state index in [9.17, 15) is 0 Å². The van der Waals surface area contributed by atoms with Gasteiger partial charge in [0.2, 0.25) is 5.95 Å². The molecular formula is C24H27BrN6O. The largest absolute Gasteiger partial charge is 0.492 e. The molecule has 4 aromatic rings. The number of hydrogen-bond acceptors (Lipinski definition) is 5. The van der Waals surface area contributed by atoms with E-state index in [0.717, 1.165) is 44.7 Å². The maximum atomic E-state index is 6.27. The first-order chi connectivity index (χ1) is 15.7. The first kappa shape index (κ1) is 21.0. The van der Waals surface area contributed by atoms with E-state index >= 15 is 0 Å². The molecule has 0 bridgehead atoms. The number of aromatic nitrogens is 4. The maximum absolute atomic E-state index is 6.27. The maximum Gasteiger partial charge on any atom is 0.205 e. The highest BCUT2D eigenvalue weighted by molar-refractivity contribution is 9.10. The summed E-state index contributed by atoms with van der Waals surface area (Å²) in [6.07, 6.45) is 5.73. The van der Waals surface area contributed by atoms with Crippen molar-refractivity contribution in [2.24, 2.45) is 7.05 Å². The number of benzene rings is 2. The van der Waals surface area contributed by atoms with E-state index in [1.165, 1.54) is 32.4 Å². The van der Waals surface area contributed by atoms with Crippen LogP contribution < -0.4 is 10.1 Å². The number of halogens is 1. The quantitative estimate of drug-likeness (QED) is 0.363. The van der Waals surface area contributed by atoms with E-state index < -0.39 is 0 Å². The SMILES string of the molecule is Cn1ncc(Br)c1-c1cc(Nc2nc3ccccc3[nH]2)ccc1OCCN1CCCCC1. The number of anilines is 2. The molecule has 2 aromatic heterocycles. The van der Waals surface area contributed by atoms with E-state index in [2.05, 4.69) is 47.3 Å². The highest BCUT2D eigenvalue weighted by Crippen LogP contribution is 2.37. The van der Waals surface area contributed by atoms with Crippen molar-refractivity contribution in [1.29, 1.82) is 0 Å². The molecule has 0 aliphatic carbocycles. The number of piperidine rings is 1. The molecule has 0 spiro atoms. The van der Waals surface area contributed by atoms with E-state index in [4.69, 9.17) is 4.74 Å². The standard InChI is InChI=1S/C24H27BrN6O/c1-30-23(19(25)16-26-30)18-15-17(27-24-28-20-7-3-4-8-21(20)29-24)9-10-22(18)32-14-13-31-11-5-2-6-12-31/h3-4,7-10,15-16H,2,5-6,11-14H2,1H3,(H2,27,28,29). The minimum absolute atomic E-state index is 0.665. The Labute approximate surface area is 195 Å². The number of likely N-dealkylation sites (tertiary alicyclic amines) is 1. The lowest BCUT2D eigenvalue weighted by Gasteiger charge is -2.26. The van der Waals surface area contributed by atoms with E-state index in [0.29, 0.717) is 12.6 Å². The summed E-state index contributed by atoms with van der Waals surface area (Å²) >= 11 is 3.65. The molecule has 3 heterocycles. The molecule has 0 unspecified atom stereocenters. The van der Waals surface area contributed by atoms with Gasteiger partial charge in [-0.25, -0.2) is 4.98 Å². The zero-order valence-corrected chi connectivity index (χ0v) is 19.7. The van der Waals surface area contributed by atoms with Crippen molar-refractivity contribution in [2.45, 2.75) is 19.3 Å². The number of nitrogens with zero attached hydrogens (tertiary/aromatic N) is 4. The monoisotopic (exact) mass is 494 g/mol. The molecule has 0 saturated carbocycles. The first-order valence-corrected chi connectivity index (χ1v) is 11.9. The second kappa shape index (κ2) is 9.34. The molecule has 1 fully saturated rings. The molecule has 32 heavy (non-hydrogen) atoms. The third kappa shape index (κ3) is 4.52. The van der Waals surface area contributed by atoms with Crippen molar-refractivity contribution in [3.05, 3.63) is 53.1 Å². The van der Waals surface area contributed by atoms with Gasteiger partial charge in [-0.05, 0) is 72.2 Å². The molecule has 7 nitrogen and oxygen atoms in total. The van der Waals surface area contributed by atoms with Gasteiger partial charge in [0.05, 0.1) is 27.4 Å². The van der Waals surface area contributed by atoms with Crippen LogP contribution in [0.25, 0.3) is 22.3 Å². The fraction of sp³-hybridized carbons (Fsp3) is 0.333. The van der Waals surface area contributed by atoms with Crippen LogP contribution in [0, 0.1) is 0 Å². The molecule has 2 aromatic carbocycles. The fourth-order valence-electron chi connectivity index (χ4n) is 4.25. The van der Waals surface area contributed by atoms with Crippen LogP contribution in [-0.4, -0.2) is 50.9 Å². The Balaban J connectivity index is 1.40. The fourth-order valence-corrected chi connectivity index (χ4v) is 4.81. The third-order valence-electron chi connectivity index (χ3n) is 5.89. The van der Waals surface area contributed by atoms with E-state index in [-0.39, 0.29) is 0 Å². The van der Waals surface area contributed by atoms with Gasteiger partial charge in [-0.2, -0.15) is 5.10 Å². The van der Waals surface area contributed by atoms with Crippen LogP contribution in [0.3, 0.4) is 0 Å². The van der Waals surface area contributed by atoms with Crippen LogP contribution in [0.5, 0.6) is 5.75 Å². The summed E-state index contributed by atoms with van der Waals surface area (Å²) in [4.78, 5) is 10.4. The van der Waals surface area contributed by atoms with Crippen LogP contribution in [0.4, 0.5) is 11.6 Å². The summed E-state index contributed by atoms with van der Waals surface area (Å²) < 4.78 is 9.07. The van der Waals surface area contributed by atoms with Crippen LogP contribution in [0.15, 0.2) is 53.1 Å². The number of hydrogen-bond donors (Lipinski definition) is 2. The van der Waals surface area contributed by atoms with Gasteiger partial charge < -0.3 is 15.0 Å². The zero-order chi connectivity index (χ0) is 21.9. The molecule has 1 aliphatic heterocycles. The van der Waals surface area contributed by atoms with Crippen LogP contribution >= 0.6 is 15.9 Å². The zero-order valence-electron chi connectivity index (χ0n) is 18.1. The highest BCUT2D eigenvalue weighted by atomic mass is 79.9. The molecule has 8 heteroatoms. The Hall–Kier alpha value is -2.84. The smallest absolute Gasteiger partial charge is 0.205 e. The van der Waals surface area contributed by atoms with Gasteiger partial charge >= 0.3 is 0 Å². The number of nitrogens with one attached hydrogen (secondary N) is 2. The second-order valence-electron chi connectivity index (χ2n) is 8.15. The summed E-state index contributed by atoms with van der Waals surface area (Å²) in [7, 11) is 1.94. The number of imidazole rings is 1. The molecule has 1 saturated heterocycles. The Kier molecular flexibility index (Phi) is 6.14. The number of fused-ring (bicyclic) bond motifs is 1. The third-order valence-corrected chi connectivity index (χ3v) is 6.47. The van der Waals surface area contributed by atoms with Crippen LogP contribution in [0.1, 0.15) is 19.3 Å². The highest BCUT2D eigenvalue weighted by Gasteiger charge is 2.17. The Bertz CT molecular complexity index is 1160. The predicted molar refractivity (Wildman–Crippen MR) is 132 cm³/mol. The van der Waals surface area contributed by atoms with Crippen molar-refractivity contribution in [3.8, 4) is 17.0 Å². The molecule has 5 rings (SSSR count). The summed E-state index contributed by atoms with van der Waals surface area (Å²) in [6, 6.07) is 14.1. The molecule has 0 amide bonds. The number of ether oxygens (including phenoxy) is 1. The summed E-state index contributed by atoms with van der Waals surface area (Å²) in [5.74, 6) is 1.56. The summed E-state index contributed by atoms with van der Waals surface area (Å²) in [5, 5.41) is 7.79. The average Bonchev–Trinajstić information content (AvgIpc) is 3.37. The van der Waals surface area contributed by atoms with Gasteiger partial charge in [-0.15, -0.1) is 0 Å². The van der Waals surface area contributed by atoms with Crippen LogP contribution in [-0.2, 0) is 7.05 Å². The molecular weight excluding hydrogens is 468 g/mol. The normalized spacial score (nSPS) is 14.7. The minimum atomic E-state index is 0.665. The molecule has 0 atom stereocenters. The molecule has 1 aliphatic rings. The van der Waals surface area contributed by atoms with Crippen molar-refractivity contribution in [1.82, 2.24) is 24.6 Å².